The van der Waals surface area contributed by atoms with E-state index in [9.17, 15) is 4.79 Å². The second-order valence-corrected chi connectivity index (χ2v) is 8.89. The maximum atomic E-state index is 13.0. The van der Waals surface area contributed by atoms with Gasteiger partial charge in [-0.15, -0.1) is 11.6 Å². The molecule has 1 aromatic heterocycles. The number of nitrogens with one attached hydrogen (secondary N) is 1. The van der Waals surface area contributed by atoms with Gasteiger partial charge in [0.15, 0.2) is 5.13 Å². The lowest BCUT2D eigenvalue weighted by Gasteiger charge is -2.21. The summed E-state index contributed by atoms with van der Waals surface area (Å²) in [5, 5.41) is 5.20. The second-order valence-electron chi connectivity index (χ2n) is 6.71. The Hall–Kier alpha value is -1.15. The van der Waals surface area contributed by atoms with E-state index in [0.29, 0.717) is 19.0 Å². The van der Waals surface area contributed by atoms with Gasteiger partial charge in [0.1, 0.15) is 6.17 Å². The highest BCUT2D eigenvalue weighted by molar-refractivity contribution is 9.09. The SMILES string of the molecule is CC=CCCCNC1CN(CCCl)C(=O)N1c1nc2cc(CCBr)ccc2s1. The van der Waals surface area contributed by atoms with E-state index in [2.05, 4.69) is 51.6 Å². The highest BCUT2D eigenvalue weighted by atomic mass is 79.9. The van der Waals surface area contributed by atoms with E-state index in [0.717, 1.165) is 46.5 Å². The number of halogens is 2. The first-order chi connectivity index (χ1) is 13.7. The molecule has 2 aromatic rings. The summed E-state index contributed by atoms with van der Waals surface area (Å²) in [4.78, 5) is 21.4. The number of aromatic nitrogens is 1. The molecule has 1 saturated heterocycles. The number of unbranched alkanes of at least 4 members (excludes halogenated alkanes) is 1. The van der Waals surface area contributed by atoms with Crippen LogP contribution in [0.2, 0.25) is 0 Å². The molecule has 0 saturated carbocycles. The summed E-state index contributed by atoms with van der Waals surface area (Å²) in [7, 11) is 0. The summed E-state index contributed by atoms with van der Waals surface area (Å²) in [6.45, 7) is 4.06. The number of nitrogens with zero attached hydrogens (tertiary/aromatic N) is 3. The lowest BCUT2D eigenvalue weighted by Crippen LogP contribution is -2.44. The normalized spacial score (nSPS) is 17.5. The number of aryl methyl sites for hydroxylation is 1. The zero-order valence-electron chi connectivity index (χ0n) is 16.0. The number of thiazole rings is 1. The molecule has 1 aromatic carbocycles. The quantitative estimate of drug-likeness (QED) is 0.293. The summed E-state index contributed by atoms with van der Waals surface area (Å²) >= 11 is 11.0. The van der Waals surface area contributed by atoms with Crippen LogP contribution in [0.4, 0.5) is 9.93 Å². The Balaban J connectivity index is 1.80. The van der Waals surface area contributed by atoms with Crippen molar-refractivity contribution in [3.63, 3.8) is 0 Å². The number of benzene rings is 1. The smallest absolute Gasteiger partial charge is 0.320 e. The van der Waals surface area contributed by atoms with Crippen LogP contribution in [0.25, 0.3) is 10.2 Å². The Kier molecular flexibility index (Phi) is 8.14. The summed E-state index contributed by atoms with van der Waals surface area (Å²) in [5.41, 5.74) is 2.20. The third kappa shape index (κ3) is 5.06. The average Bonchev–Trinajstić information content (AvgIpc) is 3.22. The minimum Gasteiger partial charge on any atom is -0.320 e. The first-order valence-corrected chi connectivity index (χ1v) is 12.1. The van der Waals surface area contributed by atoms with Crippen molar-refractivity contribution in [1.29, 1.82) is 0 Å². The summed E-state index contributed by atoms with van der Waals surface area (Å²) in [6, 6.07) is 6.33. The molecule has 5 nitrogen and oxygen atoms in total. The van der Waals surface area contributed by atoms with Gasteiger partial charge in [0.2, 0.25) is 0 Å². The van der Waals surface area contributed by atoms with E-state index in [4.69, 9.17) is 16.6 Å². The average molecular weight is 486 g/mol. The number of urea groups is 1. The lowest BCUT2D eigenvalue weighted by molar-refractivity contribution is 0.223. The number of rotatable bonds is 10. The van der Waals surface area contributed by atoms with Crippen LogP contribution in [-0.4, -0.2) is 52.9 Å². The lowest BCUT2D eigenvalue weighted by atomic mass is 10.2. The zero-order valence-corrected chi connectivity index (χ0v) is 19.2. The Labute approximate surface area is 183 Å². The summed E-state index contributed by atoms with van der Waals surface area (Å²) < 4.78 is 1.10. The van der Waals surface area contributed by atoms with E-state index >= 15 is 0 Å². The van der Waals surface area contributed by atoms with Crippen LogP contribution in [0, 0.1) is 0 Å². The molecule has 3 rings (SSSR count). The monoisotopic (exact) mass is 484 g/mol. The van der Waals surface area contributed by atoms with E-state index in [1.54, 1.807) is 21.1 Å². The molecular weight excluding hydrogens is 460 g/mol. The number of hydrogen-bond donors (Lipinski definition) is 1. The van der Waals surface area contributed by atoms with Gasteiger partial charge < -0.3 is 4.90 Å². The summed E-state index contributed by atoms with van der Waals surface area (Å²) in [5.74, 6) is 0.434. The molecule has 152 valence electrons. The van der Waals surface area contributed by atoms with Crippen LogP contribution in [0.1, 0.15) is 25.3 Å². The standard InChI is InChI=1S/C20H26BrClN4OS/c1-2-3-4-5-11-23-18-14-25(12-10-22)20(27)26(18)19-24-16-13-15(8-9-21)6-7-17(16)28-19/h2-3,6-7,13,18,23H,4-5,8-12,14H2,1H3. The Bertz CT molecular complexity index is 828. The number of amides is 2. The maximum absolute atomic E-state index is 13.0. The number of carbonyl (C=O) groups is 1. The molecule has 1 atom stereocenters. The molecule has 1 unspecified atom stereocenters. The van der Waals surface area contributed by atoms with Crippen molar-refractivity contribution in [2.75, 3.05) is 35.7 Å². The first kappa shape index (κ1) is 21.6. The van der Waals surface area contributed by atoms with Crippen molar-refractivity contribution < 1.29 is 4.79 Å². The fraction of sp³-hybridized carbons (Fsp3) is 0.500. The fourth-order valence-corrected chi connectivity index (χ4v) is 4.95. The summed E-state index contributed by atoms with van der Waals surface area (Å²) in [6.07, 6.45) is 7.19. The molecule has 0 bridgehead atoms. The molecule has 8 heteroatoms. The van der Waals surface area contributed by atoms with Crippen molar-refractivity contribution in [1.82, 2.24) is 15.2 Å². The molecule has 2 heterocycles. The van der Waals surface area contributed by atoms with Gasteiger partial charge in [-0.25, -0.2) is 9.78 Å². The third-order valence-electron chi connectivity index (χ3n) is 4.73. The topological polar surface area (TPSA) is 48.5 Å². The van der Waals surface area contributed by atoms with Crippen molar-refractivity contribution in [2.24, 2.45) is 0 Å². The van der Waals surface area contributed by atoms with E-state index in [-0.39, 0.29) is 12.2 Å². The van der Waals surface area contributed by atoms with Gasteiger partial charge in [-0.3, -0.25) is 10.2 Å². The number of alkyl halides is 2. The highest BCUT2D eigenvalue weighted by Crippen LogP contribution is 2.33. The third-order valence-corrected chi connectivity index (χ3v) is 6.33. The van der Waals surface area contributed by atoms with Crippen LogP contribution >= 0.6 is 38.9 Å². The Morgan fingerprint density at radius 1 is 1.46 bits per heavy atom. The molecule has 0 aliphatic carbocycles. The zero-order chi connectivity index (χ0) is 19.9. The molecule has 2 amide bonds. The van der Waals surface area contributed by atoms with Gasteiger partial charge in [-0.1, -0.05) is 45.5 Å². The van der Waals surface area contributed by atoms with Gasteiger partial charge in [0.05, 0.1) is 16.8 Å². The van der Waals surface area contributed by atoms with Crippen molar-refractivity contribution >= 4 is 60.2 Å². The number of allylic oxidation sites excluding steroid dienone is 2. The highest BCUT2D eigenvalue weighted by Gasteiger charge is 2.39. The minimum atomic E-state index is -0.0797. The van der Waals surface area contributed by atoms with E-state index < -0.39 is 0 Å². The van der Waals surface area contributed by atoms with Crippen LogP contribution in [0.15, 0.2) is 30.4 Å². The van der Waals surface area contributed by atoms with Crippen LogP contribution in [0.3, 0.4) is 0 Å². The van der Waals surface area contributed by atoms with E-state index in [1.807, 2.05) is 6.92 Å². The fourth-order valence-electron chi connectivity index (χ4n) is 3.30. The number of fused-ring (bicyclic) bond motifs is 1. The molecule has 1 aliphatic rings. The van der Waals surface area contributed by atoms with Gasteiger partial charge in [0.25, 0.3) is 0 Å². The first-order valence-electron chi connectivity index (χ1n) is 9.62. The molecular formula is C20H26BrClN4OS. The van der Waals surface area contributed by atoms with Gasteiger partial charge in [-0.05, 0) is 50.4 Å². The van der Waals surface area contributed by atoms with Gasteiger partial charge in [-0.2, -0.15) is 0 Å². The molecule has 1 N–H and O–H groups in total. The molecule has 1 fully saturated rings. The van der Waals surface area contributed by atoms with Crippen LogP contribution in [0.5, 0.6) is 0 Å². The predicted octanol–water partition coefficient (Wildman–Crippen LogP) is 4.99. The Morgan fingerprint density at radius 2 is 2.32 bits per heavy atom. The maximum Gasteiger partial charge on any atom is 0.327 e. The number of anilines is 1. The molecule has 0 radical (unpaired) electrons. The van der Waals surface area contributed by atoms with Gasteiger partial charge >= 0.3 is 6.03 Å². The van der Waals surface area contributed by atoms with Crippen molar-refractivity contribution in [3.05, 3.63) is 35.9 Å². The molecule has 28 heavy (non-hydrogen) atoms. The van der Waals surface area contributed by atoms with Crippen molar-refractivity contribution in [3.8, 4) is 0 Å². The number of carbonyl (C=O) groups excluding carboxylic acids is 1. The number of hydrogen-bond acceptors (Lipinski definition) is 4. The molecule has 1 aliphatic heterocycles. The Morgan fingerprint density at radius 3 is 3.07 bits per heavy atom. The largest absolute Gasteiger partial charge is 0.327 e. The van der Waals surface area contributed by atoms with E-state index in [1.165, 1.54) is 5.56 Å². The second kappa shape index (κ2) is 10.6. The van der Waals surface area contributed by atoms with Crippen LogP contribution < -0.4 is 10.2 Å². The minimum absolute atomic E-state index is 0.0219. The van der Waals surface area contributed by atoms with Gasteiger partial charge in [0, 0.05) is 17.8 Å². The van der Waals surface area contributed by atoms with Crippen molar-refractivity contribution in [2.45, 2.75) is 32.4 Å². The molecule has 0 spiro atoms. The van der Waals surface area contributed by atoms with Crippen LogP contribution in [-0.2, 0) is 6.42 Å². The predicted molar refractivity (Wildman–Crippen MR) is 123 cm³/mol.